The molecule has 0 aliphatic carbocycles. The summed E-state index contributed by atoms with van der Waals surface area (Å²) in [6, 6.07) is 3.38. The summed E-state index contributed by atoms with van der Waals surface area (Å²) in [5.41, 5.74) is 6.37. The minimum absolute atomic E-state index is 0.451. The predicted molar refractivity (Wildman–Crippen MR) is 59.5 cm³/mol. The Balaban J connectivity index is 2.34. The number of nitrogens with two attached hydrogens (primary N) is 1. The lowest BCUT2D eigenvalue weighted by Gasteiger charge is -1.96. The summed E-state index contributed by atoms with van der Waals surface area (Å²) in [6.45, 7) is 2.66. The highest BCUT2D eigenvalue weighted by molar-refractivity contribution is 5.92. The highest BCUT2D eigenvalue weighted by Crippen LogP contribution is 2.13. The number of fused-ring (bicyclic) bond motifs is 1. The van der Waals surface area contributed by atoms with Gasteiger partial charge >= 0.3 is 0 Å². The highest BCUT2D eigenvalue weighted by atomic mass is 16.5. The van der Waals surface area contributed by atoms with E-state index in [-0.39, 0.29) is 0 Å². The molecule has 0 fully saturated rings. The molecule has 16 heavy (non-hydrogen) atoms. The van der Waals surface area contributed by atoms with Gasteiger partial charge in [0.05, 0.1) is 18.4 Å². The zero-order chi connectivity index (χ0) is 11.5. The first-order valence-corrected chi connectivity index (χ1v) is 5.12. The first-order chi connectivity index (χ1) is 7.70. The quantitative estimate of drug-likeness (QED) is 0.840. The van der Waals surface area contributed by atoms with Crippen molar-refractivity contribution in [2.45, 2.75) is 13.3 Å². The van der Waals surface area contributed by atoms with Crippen molar-refractivity contribution in [1.82, 2.24) is 9.38 Å². The molecule has 84 valence electrons. The van der Waals surface area contributed by atoms with Gasteiger partial charge in [0.25, 0.3) is 0 Å². The van der Waals surface area contributed by atoms with Crippen LogP contribution in [0, 0.1) is 0 Å². The Hall–Kier alpha value is -2.04. The predicted octanol–water partition coefficient (Wildman–Crippen LogP) is 1.22. The van der Waals surface area contributed by atoms with E-state index in [0.717, 1.165) is 12.1 Å². The molecule has 0 aromatic carbocycles. The standard InChI is InChI=1S/C11H13N3O2/c1-2-5-16-10-7-14-6-8(11(12)15)3-4-9(14)13-10/h3-4,6-7H,2,5H2,1H3,(H2,12,15). The number of pyridine rings is 1. The number of amides is 1. The van der Waals surface area contributed by atoms with E-state index in [0.29, 0.717) is 18.1 Å². The van der Waals surface area contributed by atoms with Crippen LogP contribution in [0.3, 0.4) is 0 Å². The van der Waals surface area contributed by atoms with Gasteiger partial charge in [-0.15, -0.1) is 0 Å². The Morgan fingerprint density at radius 1 is 1.50 bits per heavy atom. The lowest BCUT2D eigenvalue weighted by molar-refractivity contribution is 0.1000. The lowest BCUT2D eigenvalue weighted by Crippen LogP contribution is -2.11. The maximum absolute atomic E-state index is 11.0. The average Bonchev–Trinajstić information content (AvgIpc) is 2.67. The molecule has 0 bridgehead atoms. The highest BCUT2D eigenvalue weighted by Gasteiger charge is 2.05. The smallest absolute Gasteiger partial charge is 0.250 e. The second-order valence-corrected chi connectivity index (χ2v) is 3.48. The van der Waals surface area contributed by atoms with E-state index in [4.69, 9.17) is 10.5 Å². The van der Waals surface area contributed by atoms with Gasteiger partial charge in [0, 0.05) is 6.20 Å². The summed E-state index contributed by atoms with van der Waals surface area (Å²) in [6.07, 6.45) is 4.31. The van der Waals surface area contributed by atoms with Gasteiger partial charge in [0.2, 0.25) is 11.8 Å². The van der Waals surface area contributed by atoms with E-state index in [2.05, 4.69) is 4.98 Å². The minimum Gasteiger partial charge on any atom is -0.477 e. The van der Waals surface area contributed by atoms with Crippen LogP contribution in [0.1, 0.15) is 23.7 Å². The summed E-state index contributed by atoms with van der Waals surface area (Å²) < 4.78 is 7.12. The molecule has 0 saturated carbocycles. The number of primary amides is 1. The molecule has 2 rings (SSSR count). The second-order valence-electron chi connectivity index (χ2n) is 3.48. The van der Waals surface area contributed by atoms with E-state index in [1.807, 2.05) is 6.92 Å². The molecule has 5 heteroatoms. The fraction of sp³-hybridized carbons (Fsp3) is 0.273. The van der Waals surface area contributed by atoms with Crippen LogP contribution in [0.15, 0.2) is 24.5 Å². The first kappa shape index (κ1) is 10.5. The third-order valence-electron chi connectivity index (χ3n) is 2.17. The molecule has 5 nitrogen and oxygen atoms in total. The van der Waals surface area contributed by atoms with Crippen molar-refractivity contribution in [1.29, 1.82) is 0 Å². The van der Waals surface area contributed by atoms with Crippen LogP contribution in [-0.2, 0) is 0 Å². The molecule has 1 amide bonds. The Bertz CT molecular complexity index is 519. The molecule has 2 aromatic heterocycles. The topological polar surface area (TPSA) is 69.6 Å². The maximum atomic E-state index is 11.0. The van der Waals surface area contributed by atoms with Crippen LogP contribution in [0.4, 0.5) is 0 Å². The molecular weight excluding hydrogens is 206 g/mol. The van der Waals surface area contributed by atoms with E-state index in [1.165, 1.54) is 0 Å². The van der Waals surface area contributed by atoms with E-state index >= 15 is 0 Å². The van der Waals surface area contributed by atoms with Crippen LogP contribution in [0.5, 0.6) is 5.88 Å². The van der Waals surface area contributed by atoms with Crippen molar-refractivity contribution in [3.05, 3.63) is 30.1 Å². The molecule has 0 saturated heterocycles. The monoisotopic (exact) mass is 219 g/mol. The fourth-order valence-electron chi connectivity index (χ4n) is 1.39. The molecule has 0 unspecified atom stereocenters. The molecule has 2 heterocycles. The number of hydrogen-bond acceptors (Lipinski definition) is 3. The zero-order valence-electron chi connectivity index (χ0n) is 9.01. The van der Waals surface area contributed by atoms with Crippen molar-refractivity contribution < 1.29 is 9.53 Å². The summed E-state index contributed by atoms with van der Waals surface area (Å²) >= 11 is 0. The maximum Gasteiger partial charge on any atom is 0.250 e. The first-order valence-electron chi connectivity index (χ1n) is 5.12. The van der Waals surface area contributed by atoms with Crippen LogP contribution in [-0.4, -0.2) is 21.9 Å². The second kappa shape index (κ2) is 4.22. The molecular formula is C11H13N3O2. The van der Waals surface area contributed by atoms with Gasteiger partial charge in [0.1, 0.15) is 5.65 Å². The summed E-state index contributed by atoms with van der Waals surface area (Å²) in [5.74, 6) is 0.107. The third-order valence-corrected chi connectivity index (χ3v) is 2.17. The van der Waals surface area contributed by atoms with Crippen molar-refractivity contribution in [2.24, 2.45) is 5.73 Å². The van der Waals surface area contributed by atoms with Crippen LogP contribution in [0.2, 0.25) is 0 Å². The van der Waals surface area contributed by atoms with Crippen LogP contribution < -0.4 is 10.5 Å². The van der Waals surface area contributed by atoms with E-state index in [1.54, 1.807) is 28.9 Å². The van der Waals surface area contributed by atoms with Gasteiger partial charge in [-0.25, -0.2) is 0 Å². The number of imidazole rings is 1. The summed E-state index contributed by atoms with van der Waals surface area (Å²) in [7, 11) is 0. The Morgan fingerprint density at radius 2 is 2.31 bits per heavy atom. The molecule has 0 radical (unpaired) electrons. The molecule has 0 aliphatic rings. The van der Waals surface area contributed by atoms with Gasteiger partial charge in [-0.1, -0.05) is 6.92 Å². The van der Waals surface area contributed by atoms with E-state index < -0.39 is 5.91 Å². The van der Waals surface area contributed by atoms with Gasteiger partial charge in [0.15, 0.2) is 0 Å². The van der Waals surface area contributed by atoms with Crippen molar-refractivity contribution in [3.8, 4) is 5.88 Å². The molecule has 2 aromatic rings. The number of ether oxygens (including phenoxy) is 1. The Labute approximate surface area is 92.8 Å². The SMILES string of the molecule is CCCOc1cn2cc(C(N)=O)ccc2n1. The van der Waals surface area contributed by atoms with Crippen LogP contribution in [0.25, 0.3) is 5.65 Å². The lowest BCUT2D eigenvalue weighted by atomic mass is 10.3. The van der Waals surface area contributed by atoms with E-state index in [9.17, 15) is 4.79 Å². The Kier molecular flexibility index (Phi) is 2.76. The molecule has 0 aliphatic heterocycles. The van der Waals surface area contributed by atoms with Crippen molar-refractivity contribution in [2.75, 3.05) is 6.61 Å². The number of hydrogen-bond donors (Lipinski definition) is 1. The number of aromatic nitrogens is 2. The third kappa shape index (κ3) is 1.98. The number of rotatable bonds is 4. The van der Waals surface area contributed by atoms with Crippen molar-refractivity contribution >= 4 is 11.6 Å². The number of carbonyl (C=O) groups excluding carboxylic acids is 1. The summed E-state index contributed by atoms with van der Waals surface area (Å²) in [4.78, 5) is 15.2. The Morgan fingerprint density at radius 3 is 3.00 bits per heavy atom. The van der Waals surface area contributed by atoms with Gasteiger partial charge in [-0.3, -0.25) is 4.79 Å². The summed E-state index contributed by atoms with van der Waals surface area (Å²) in [5, 5.41) is 0. The van der Waals surface area contributed by atoms with Gasteiger partial charge in [-0.05, 0) is 18.6 Å². The number of nitrogens with zero attached hydrogens (tertiary/aromatic N) is 2. The number of carbonyl (C=O) groups is 1. The molecule has 0 spiro atoms. The van der Waals surface area contributed by atoms with Crippen LogP contribution >= 0.6 is 0 Å². The molecule has 2 N–H and O–H groups in total. The minimum atomic E-state index is -0.452. The normalized spacial score (nSPS) is 10.6. The van der Waals surface area contributed by atoms with Gasteiger partial charge in [-0.2, -0.15) is 4.98 Å². The van der Waals surface area contributed by atoms with Crippen molar-refractivity contribution in [3.63, 3.8) is 0 Å². The zero-order valence-corrected chi connectivity index (χ0v) is 9.01. The largest absolute Gasteiger partial charge is 0.477 e. The fourth-order valence-corrected chi connectivity index (χ4v) is 1.39. The molecule has 0 atom stereocenters. The average molecular weight is 219 g/mol. The van der Waals surface area contributed by atoms with Gasteiger partial charge < -0.3 is 14.9 Å².